The van der Waals surface area contributed by atoms with Crippen LogP contribution >= 0.6 is 15.9 Å². The molecule has 0 saturated carbocycles. The molecule has 0 saturated heterocycles. The molecule has 0 aliphatic carbocycles. The Morgan fingerprint density at radius 2 is 2.07 bits per heavy atom. The molecule has 4 rings (SSSR count). The number of hydrogen-bond acceptors (Lipinski definition) is 5. The zero-order chi connectivity index (χ0) is 19.0. The molecule has 1 unspecified atom stereocenters. The van der Waals surface area contributed by atoms with Crippen molar-refractivity contribution in [3.63, 3.8) is 0 Å². The van der Waals surface area contributed by atoms with Gasteiger partial charge in [-0.05, 0) is 52.9 Å². The maximum atomic E-state index is 13.3. The van der Waals surface area contributed by atoms with Crippen LogP contribution < -0.4 is 10.9 Å². The summed E-state index contributed by atoms with van der Waals surface area (Å²) in [6, 6.07) is 4.99. The number of H-pyrrole nitrogens is 1. The van der Waals surface area contributed by atoms with Gasteiger partial charge < -0.3 is 14.6 Å². The number of nitrogens with one attached hydrogen (secondary N) is 2. The third-order valence-electron chi connectivity index (χ3n) is 5.01. The van der Waals surface area contributed by atoms with Gasteiger partial charge in [0.2, 0.25) is 0 Å². The Bertz CT molecular complexity index is 978. The first-order valence-corrected chi connectivity index (χ1v) is 9.60. The minimum atomic E-state index is -0.448. The number of halogens is 2. The second-order valence-corrected chi connectivity index (χ2v) is 7.61. The SMILES string of the molecule is O=C1COCC2=C1C(CCCCc1ccc(F)c(Br)c1)c1c([nH]oc1=O)N2. The van der Waals surface area contributed by atoms with E-state index in [0.717, 1.165) is 24.8 Å². The van der Waals surface area contributed by atoms with Crippen molar-refractivity contribution >= 4 is 27.5 Å². The second-order valence-electron chi connectivity index (χ2n) is 6.76. The van der Waals surface area contributed by atoms with E-state index in [1.54, 1.807) is 12.1 Å². The van der Waals surface area contributed by atoms with Crippen LogP contribution in [0.5, 0.6) is 0 Å². The van der Waals surface area contributed by atoms with Gasteiger partial charge in [0.1, 0.15) is 18.2 Å². The average Bonchev–Trinajstić information content (AvgIpc) is 3.02. The monoisotopic (exact) mass is 436 g/mol. The summed E-state index contributed by atoms with van der Waals surface area (Å²) in [6.45, 7) is 0.347. The Kier molecular flexibility index (Phi) is 5.01. The number of aromatic nitrogens is 1. The van der Waals surface area contributed by atoms with Gasteiger partial charge in [-0.25, -0.2) is 14.3 Å². The molecule has 0 spiro atoms. The Morgan fingerprint density at radius 1 is 1.22 bits per heavy atom. The number of carbonyl (C=O) groups is 1. The number of fused-ring (bicyclic) bond motifs is 1. The minimum absolute atomic E-state index is 0.0334. The van der Waals surface area contributed by atoms with Crippen molar-refractivity contribution < 1.29 is 18.4 Å². The van der Waals surface area contributed by atoms with Crippen molar-refractivity contribution in [2.45, 2.75) is 31.6 Å². The quantitative estimate of drug-likeness (QED) is 0.698. The number of ketones is 1. The summed E-state index contributed by atoms with van der Waals surface area (Å²) in [5.74, 6) is -0.167. The summed E-state index contributed by atoms with van der Waals surface area (Å²) in [5.41, 5.74) is 2.40. The van der Waals surface area contributed by atoms with E-state index < -0.39 is 5.63 Å². The lowest BCUT2D eigenvalue weighted by atomic mass is 9.81. The van der Waals surface area contributed by atoms with Crippen LogP contribution in [0.3, 0.4) is 0 Å². The number of rotatable bonds is 5. The number of aromatic amines is 1. The fraction of sp³-hybridized carbons (Fsp3) is 0.368. The normalized spacial score (nSPS) is 18.9. The summed E-state index contributed by atoms with van der Waals surface area (Å²) in [4.78, 5) is 24.5. The van der Waals surface area contributed by atoms with Gasteiger partial charge in [-0.15, -0.1) is 0 Å². The van der Waals surface area contributed by atoms with E-state index in [1.807, 2.05) is 0 Å². The van der Waals surface area contributed by atoms with E-state index in [-0.39, 0.29) is 24.1 Å². The van der Waals surface area contributed by atoms with Gasteiger partial charge in [0.25, 0.3) is 0 Å². The maximum Gasteiger partial charge on any atom is 0.363 e. The summed E-state index contributed by atoms with van der Waals surface area (Å²) >= 11 is 3.20. The minimum Gasteiger partial charge on any atom is -0.367 e. The van der Waals surface area contributed by atoms with Crippen molar-refractivity contribution in [3.05, 3.63) is 61.3 Å². The standard InChI is InChI=1S/C19H18BrFN2O4/c20-12-7-10(5-6-13(12)21)3-1-2-4-11-16-14(8-26-9-15(16)24)22-18-17(11)19(25)27-23-18/h5-7,11,22-23H,1-4,8-9H2. The molecule has 0 amide bonds. The molecule has 0 fully saturated rings. The van der Waals surface area contributed by atoms with Crippen molar-refractivity contribution in [3.8, 4) is 0 Å². The Hall–Kier alpha value is -2.19. The number of carbonyl (C=O) groups excluding carboxylic acids is 1. The average molecular weight is 437 g/mol. The van der Waals surface area contributed by atoms with Gasteiger partial charge >= 0.3 is 5.63 Å². The van der Waals surface area contributed by atoms with Crippen LogP contribution in [0.4, 0.5) is 10.2 Å². The maximum absolute atomic E-state index is 13.3. The van der Waals surface area contributed by atoms with E-state index in [1.165, 1.54) is 6.07 Å². The second kappa shape index (κ2) is 7.44. The number of benzene rings is 1. The molecule has 2 aliphatic heterocycles. The molecule has 0 bridgehead atoms. The number of Topliss-reactive ketones (excluding diaryl/α,β-unsaturated/α-hetero) is 1. The molecule has 1 aromatic heterocycles. The van der Waals surface area contributed by atoms with Crippen LogP contribution in [0.2, 0.25) is 0 Å². The zero-order valence-electron chi connectivity index (χ0n) is 14.4. The molecule has 1 aromatic carbocycles. The summed E-state index contributed by atoms with van der Waals surface area (Å²) in [7, 11) is 0. The highest BCUT2D eigenvalue weighted by Crippen LogP contribution is 2.39. The first kappa shape index (κ1) is 18.2. The molecular formula is C19H18BrFN2O4. The van der Waals surface area contributed by atoms with Crippen LogP contribution in [-0.4, -0.2) is 24.2 Å². The van der Waals surface area contributed by atoms with Crippen LogP contribution in [0.25, 0.3) is 0 Å². The van der Waals surface area contributed by atoms with Gasteiger partial charge in [0.15, 0.2) is 5.78 Å². The number of hydrogen-bond donors (Lipinski definition) is 2. The molecule has 3 heterocycles. The lowest BCUT2D eigenvalue weighted by Gasteiger charge is -2.30. The molecule has 27 heavy (non-hydrogen) atoms. The lowest BCUT2D eigenvalue weighted by molar-refractivity contribution is -0.121. The Labute approximate surface area is 162 Å². The van der Waals surface area contributed by atoms with Crippen LogP contribution in [0.1, 0.15) is 36.3 Å². The van der Waals surface area contributed by atoms with Gasteiger partial charge in [0.05, 0.1) is 22.3 Å². The molecule has 8 heteroatoms. The third kappa shape index (κ3) is 3.51. The van der Waals surface area contributed by atoms with Gasteiger partial charge in [-0.2, -0.15) is 0 Å². The van der Waals surface area contributed by atoms with Gasteiger partial charge in [-0.3, -0.25) is 4.79 Å². The summed E-state index contributed by atoms with van der Waals surface area (Å²) in [5, 5.41) is 5.64. The van der Waals surface area contributed by atoms with Crippen molar-refractivity contribution in [2.24, 2.45) is 0 Å². The molecule has 2 N–H and O–H groups in total. The van der Waals surface area contributed by atoms with Gasteiger partial charge in [0, 0.05) is 11.5 Å². The highest BCUT2D eigenvalue weighted by atomic mass is 79.9. The zero-order valence-corrected chi connectivity index (χ0v) is 16.0. The number of unbranched alkanes of at least 4 members (excludes halogenated alkanes) is 1. The van der Waals surface area contributed by atoms with E-state index in [9.17, 15) is 14.0 Å². The molecule has 0 radical (unpaired) electrons. The van der Waals surface area contributed by atoms with E-state index in [4.69, 9.17) is 9.26 Å². The highest BCUT2D eigenvalue weighted by molar-refractivity contribution is 9.10. The molecular weight excluding hydrogens is 419 g/mol. The molecule has 2 aromatic rings. The molecule has 2 aliphatic rings. The summed E-state index contributed by atoms with van der Waals surface area (Å²) < 4.78 is 24.0. The van der Waals surface area contributed by atoms with Gasteiger partial charge in [-0.1, -0.05) is 12.5 Å². The van der Waals surface area contributed by atoms with Crippen LogP contribution in [0, 0.1) is 5.82 Å². The lowest BCUT2D eigenvalue weighted by Crippen LogP contribution is -2.33. The van der Waals surface area contributed by atoms with E-state index >= 15 is 0 Å². The highest BCUT2D eigenvalue weighted by Gasteiger charge is 2.37. The smallest absolute Gasteiger partial charge is 0.363 e. The van der Waals surface area contributed by atoms with Crippen molar-refractivity contribution in [1.82, 2.24) is 5.16 Å². The topological polar surface area (TPSA) is 84.3 Å². The predicted molar refractivity (Wildman–Crippen MR) is 100 cm³/mol. The fourth-order valence-corrected chi connectivity index (χ4v) is 4.18. The first-order chi connectivity index (χ1) is 13.0. The largest absolute Gasteiger partial charge is 0.367 e. The van der Waals surface area contributed by atoms with E-state index in [2.05, 4.69) is 26.4 Å². The molecule has 142 valence electrons. The number of anilines is 1. The summed E-state index contributed by atoms with van der Waals surface area (Å²) in [6.07, 6.45) is 3.13. The van der Waals surface area contributed by atoms with Crippen LogP contribution in [-0.2, 0) is 16.0 Å². The van der Waals surface area contributed by atoms with Crippen molar-refractivity contribution in [2.75, 3.05) is 18.5 Å². The predicted octanol–water partition coefficient (Wildman–Crippen LogP) is 3.65. The van der Waals surface area contributed by atoms with E-state index in [0.29, 0.717) is 40.2 Å². The van der Waals surface area contributed by atoms with Crippen LogP contribution in [0.15, 0.2) is 43.3 Å². The fourth-order valence-electron chi connectivity index (χ4n) is 3.75. The molecule has 6 nitrogen and oxygen atoms in total. The number of ether oxygens (including phenoxy) is 1. The van der Waals surface area contributed by atoms with Crippen molar-refractivity contribution in [1.29, 1.82) is 0 Å². The Balaban J connectivity index is 1.48. The third-order valence-corrected chi connectivity index (χ3v) is 5.61. The number of aryl methyl sites for hydroxylation is 1. The Morgan fingerprint density at radius 3 is 2.89 bits per heavy atom. The first-order valence-electron chi connectivity index (χ1n) is 8.81. The molecule has 1 atom stereocenters.